The Labute approximate surface area is 119 Å². The lowest BCUT2D eigenvalue weighted by Gasteiger charge is -1.89. The Morgan fingerprint density at radius 1 is 1.44 bits per heavy atom. The number of aryl methyl sites for hydroxylation is 1. The van der Waals surface area contributed by atoms with Crippen LogP contribution in [0.25, 0.3) is 10.1 Å². The van der Waals surface area contributed by atoms with Gasteiger partial charge in [0.2, 0.25) is 0 Å². The Hall–Kier alpha value is -0.940. The molecule has 0 fully saturated rings. The molecule has 18 heavy (non-hydrogen) atoms. The third kappa shape index (κ3) is 4.38. The fourth-order valence-electron chi connectivity index (χ4n) is 1.42. The number of hydrogen-bond acceptors (Lipinski definition) is 4. The van der Waals surface area contributed by atoms with E-state index < -0.39 is 0 Å². The lowest BCUT2D eigenvalue weighted by molar-refractivity contribution is -0.128. The number of ether oxygens (including phenoxy) is 1. The monoisotopic (exact) mass is 329 g/mol. The van der Waals surface area contributed by atoms with Crippen molar-refractivity contribution in [2.24, 2.45) is 0 Å². The maximum absolute atomic E-state index is 9.18. The molecule has 3 nitrogen and oxygen atoms in total. The van der Waals surface area contributed by atoms with Gasteiger partial charge in [-0.1, -0.05) is 13.3 Å². The van der Waals surface area contributed by atoms with Gasteiger partial charge in [-0.3, -0.25) is 9.78 Å². The number of carbonyl (C=O) groups excluding carboxylic acids is 1. The van der Waals surface area contributed by atoms with Crippen molar-refractivity contribution < 1.29 is 9.53 Å². The quantitative estimate of drug-likeness (QED) is 0.789. The summed E-state index contributed by atoms with van der Waals surface area (Å²) in [6.45, 7) is 4.87. The summed E-state index contributed by atoms with van der Waals surface area (Å²) in [5.74, 6) is 0. The van der Waals surface area contributed by atoms with Crippen LogP contribution in [0.4, 0.5) is 0 Å². The molecule has 0 saturated carbocycles. The zero-order valence-corrected chi connectivity index (χ0v) is 12.9. The highest BCUT2D eigenvalue weighted by Gasteiger charge is 2.03. The minimum atomic E-state index is 0.431. The van der Waals surface area contributed by atoms with Crippen molar-refractivity contribution in [1.82, 2.24) is 4.98 Å². The first kappa shape index (κ1) is 15.1. The van der Waals surface area contributed by atoms with Crippen molar-refractivity contribution in [3.05, 3.63) is 27.8 Å². The van der Waals surface area contributed by atoms with Crippen LogP contribution in [0.5, 0.6) is 0 Å². The SMILES string of the molecule is CCCc1cc2cncc(Br)c2s1.CCOC=O. The molecule has 0 aliphatic heterocycles. The summed E-state index contributed by atoms with van der Waals surface area (Å²) in [5.41, 5.74) is 0. The average Bonchev–Trinajstić information content (AvgIpc) is 2.76. The van der Waals surface area contributed by atoms with E-state index in [-0.39, 0.29) is 0 Å². The second-order valence-corrected chi connectivity index (χ2v) is 5.55. The number of hydrogen-bond donors (Lipinski definition) is 0. The van der Waals surface area contributed by atoms with Crippen LogP contribution in [0, 0.1) is 0 Å². The molecule has 0 unspecified atom stereocenters. The fraction of sp³-hybridized carbons (Fsp3) is 0.385. The molecule has 0 aliphatic rings. The van der Waals surface area contributed by atoms with Gasteiger partial charge in [-0.15, -0.1) is 11.3 Å². The lowest BCUT2D eigenvalue weighted by Crippen LogP contribution is -1.80. The predicted octanol–water partition coefficient (Wildman–Crippen LogP) is 4.19. The first-order chi connectivity index (χ1) is 8.72. The third-order valence-corrected chi connectivity index (χ3v) is 4.27. The molecular weight excluding hydrogens is 314 g/mol. The van der Waals surface area contributed by atoms with Gasteiger partial charge in [0.25, 0.3) is 6.47 Å². The number of rotatable bonds is 4. The zero-order chi connectivity index (χ0) is 13.4. The molecular formula is C13H16BrNO2S. The summed E-state index contributed by atoms with van der Waals surface area (Å²) in [6.07, 6.45) is 6.16. The summed E-state index contributed by atoms with van der Waals surface area (Å²) in [7, 11) is 0. The van der Waals surface area contributed by atoms with Gasteiger partial charge in [-0.2, -0.15) is 0 Å². The van der Waals surface area contributed by atoms with Crippen molar-refractivity contribution in [2.45, 2.75) is 26.7 Å². The van der Waals surface area contributed by atoms with E-state index in [0.717, 1.165) is 4.47 Å². The van der Waals surface area contributed by atoms with Crippen molar-refractivity contribution in [3.8, 4) is 0 Å². The second kappa shape index (κ2) is 8.21. The molecule has 0 saturated heterocycles. The number of nitrogens with zero attached hydrogens (tertiary/aromatic N) is 1. The highest BCUT2D eigenvalue weighted by atomic mass is 79.9. The Balaban J connectivity index is 0.000000280. The number of carbonyl (C=O) groups is 1. The van der Waals surface area contributed by atoms with Gasteiger partial charge in [0.15, 0.2) is 0 Å². The van der Waals surface area contributed by atoms with Crippen LogP contribution in [-0.4, -0.2) is 18.1 Å². The van der Waals surface area contributed by atoms with Gasteiger partial charge in [0, 0.05) is 22.7 Å². The van der Waals surface area contributed by atoms with Gasteiger partial charge in [0.1, 0.15) is 0 Å². The molecule has 0 bridgehead atoms. The number of pyridine rings is 1. The summed E-state index contributed by atoms with van der Waals surface area (Å²) >= 11 is 5.37. The first-order valence-corrected chi connectivity index (χ1v) is 7.41. The van der Waals surface area contributed by atoms with Crippen molar-refractivity contribution in [2.75, 3.05) is 6.61 Å². The number of halogens is 1. The van der Waals surface area contributed by atoms with E-state index in [0.29, 0.717) is 13.1 Å². The van der Waals surface area contributed by atoms with Crippen LogP contribution >= 0.6 is 27.3 Å². The van der Waals surface area contributed by atoms with Crippen molar-refractivity contribution >= 4 is 43.8 Å². The molecule has 2 rings (SSSR count). The number of thiophene rings is 1. The fourth-order valence-corrected chi connectivity index (χ4v) is 3.14. The second-order valence-electron chi connectivity index (χ2n) is 3.55. The van der Waals surface area contributed by atoms with E-state index in [2.05, 4.69) is 38.6 Å². The third-order valence-electron chi connectivity index (χ3n) is 2.16. The van der Waals surface area contributed by atoms with Crippen LogP contribution in [0.3, 0.4) is 0 Å². The summed E-state index contributed by atoms with van der Waals surface area (Å²) in [5, 5.41) is 1.25. The molecule has 5 heteroatoms. The Morgan fingerprint density at radius 2 is 2.22 bits per heavy atom. The van der Waals surface area contributed by atoms with Crippen LogP contribution in [0.15, 0.2) is 22.9 Å². The van der Waals surface area contributed by atoms with Crippen LogP contribution in [0.2, 0.25) is 0 Å². The van der Waals surface area contributed by atoms with Gasteiger partial charge in [-0.05, 0) is 35.3 Å². The van der Waals surface area contributed by atoms with E-state index in [1.165, 1.54) is 27.8 Å². The molecule has 2 aromatic rings. The van der Waals surface area contributed by atoms with E-state index >= 15 is 0 Å². The Bertz CT molecular complexity index is 499. The molecule has 2 aromatic heterocycles. The minimum Gasteiger partial charge on any atom is -0.468 e. The highest BCUT2D eigenvalue weighted by Crippen LogP contribution is 2.31. The highest BCUT2D eigenvalue weighted by molar-refractivity contribution is 9.10. The van der Waals surface area contributed by atoms with Crippen LogP contribution < -0.4 is 0 Å². The number of fused-ring (bicyclic) bond motifs is 1. The van der Waals surface area contributed by atoms with E-state index in [4.69, 9.17) is 0 Å². The maximum Gasteiger partial charge on any atom is 0.293 e. The van der Waals surface area contributed by atoms with Crippen molar-refractivity contribution in [3.63, 3.8) is 0 Å². The summed E-state index contributed by atoms with van der Waals surface area (Å²) < 4.78 is 6.58. The molecule has 0 aliphatic carbocycles. The molecule has 98 valence electrons. The topological polar surface area (TPSA) is 39.2 Å². The normalized spacial score (nSPS) is 9.72. The maximum atomic E-state index is 9.18. The molecule has 0 aromatic carbocycles. The summed E-state index contributed by atoms with van der Waals surface area (Å²) in [4.78, 5) is 14.8. The molecule has 0 spiro atoms. The van der Waals surface area contributed by atoms with Gasteiger partial charge >= 0.3 is 0 Å². The van der Waals surface area contributed by atoms with E-state index in [9.17, 15) is 4.79 Å². The minimum absolute atomic E-state index is 0.431. The molecule has 0 radical (unpaired) electrons. The molecule has 0 atom stereocenters. The largest absolute Gasteiger partial charge is 0.468 e. The van der Waals surface area contributed by atoms with Crippen LogP contribution in [0.1, 0.15) is 25.1 Å². The van der Waals surface area contributed by atoms with E-state index in [1.54, 1.807) is 6.92 Å². The summed E-state index contributed by atoms with van der Waals surface area (Å²) in [6, 6.07) is 2.24. The van der Waals surface area contributed by atoms with Gasteiger partial charge < -0.3 is 4.74 Å². The number of aromatic nitrogens is 1. The standard InChI is InChI=1S/C10H10BrNS.C3H6O2/c1-2-3-8-4-7-5-12-6-9(11)10(7)13-8;1-2-5-3-4/h4-6H,2-3H2,1H3;3H,2H2,1H3. The van der Waals surface area contributed by atoms with Gasteiger partial charge in [0.05, 0.1) is 15.8 Å². The Morgan fingerprint density at radius 3 is 2.72 bits per heavy atom. The first-order valence-electron chi connectivity index (χ1n) is 5.80. The zero-order valence-electron chi connectivity index (χ0n) is 10.5. The van der Waals surface area contributed by atoms with Gasteiger partial charge in [-0.25, -0.2) is 0 Å². The lowest BCUT2D eigenvalue weighted by atomic mass is 10.2. The molecule has 0 amide bonds. The predicted molar refractivity (Wildman–Crippen MR) is 79.0 cm³/mol. The van der Waals surface area contributed by atoms with E-state index in [1.807, 2.05) is 23.7 Å². The average molecular weight is 330 g/mol. The van der Waals surface area contributed by atoms with Crippen LogP contribution in [-0.2, 0) is 16.0 Å². The van der Waals surface area contributed by atoms with Crippen molar-refractivity contribution in [1.29, 1.82) is 0 Å². The molecule has 0 N–H and O–H groups in total. The molecule has 2 heterocycles. The smallest absolute Gasteiger partial charge is 0.293 e. The Kier molecular flexibility index (Phi) is 6.90.